The minimum Gasteiger partial charge on any atom is -0.370 e. The smallest absolute Gasteiger partial charge is 0.0842 e. The average molecular weight is 140 g/mol. The number of ether oxygens (including phenoxy) is 1. The van der Waals surface area contributed by atoms with Crippen LogP contribution in [0.2, 0.25) is 0 Å². The fourth-order valence-corrected chi connectivity index (χ4v) is 1.95. The molecule has 1 nitrogen and oxygen atoms in total. The molecule has 1 heterocycles. The maximum absolute atomic E-state index is 5.49. The van der Waals surface area contributed by atoms with Gasteiger partial charge in [-0.3, -0.25) is 0 Å². The molecule has 2 rings (SSSR count). The van der Waals surface area contributed by atoms with Crippen LogP contribution in [0, 0.1) is 5.92 Å². The zero-order chi connectivity index (χ0) is 6.97. The number of epoxide rings is 1. The highest BCUT2D eigenvalue weighted by molar-refractivity contribution is 4.86. The van der Waals surface area contributed by atoms with E-state index in [1.807, 2.05) is 0 Å². The first-order chi connectivity index (χ1) is 4.86. The Labute approximate surface area is 62.8 Å². The Kier molecular flexibility index (Phi) is 1.69. The molecule has 0 radical (unpaired) electrons. The van der Waals surface area contributed by atoms with Crippen LogP contribution >= 0.6 is 0 Å². The molecule has 1 heteroatoms. The van der Waals surface area contributed by atoms with Gasteiger partial charge in [0.2, 0.25) is 0 Å². The van der Waals surface area contributed by atoms with E-state index >= 15 is 0 Å². The fraction of sp³-hybridized carbons (Fsp3) is 1.00. The number of hydrogen-bond donors (Lipinski definition) is 0. The third-order valence-electron chi connectivity index (χ3n) is 2.82. The monoisotopic (exact) mass is 140 g/mol. The van der Waals surface area contributed by atoms with Crippen LogP contribution in [0.25, 0.3) is 0 Å². The Morgan fingerprint density at radius 1 is 1.00 bits per heavy atom. The van der Waals surface area contributed by atoms with Gasteiger partial charge < -0.3 is 4.74 Å². The van der Waals surface area contributed by atoms with Gasteiger partial charge in [0.25, 0.3) is 0 Å². The molecule has 58 valence electrons. The van der Waals surface area contributed by atoms with Gasteiger partial charge in [-0.05, 0) is 25.2 Å². The highest BCUT2D eigenvalue weighted by Crippen LogP contribution is 2.35. The summed E-state index contributed by atoms with van der Waals surface area (Å²) in [6, 6.07) is 0. The molecule has 1 saturated heterocycles. The summed E-state index contributed by atoms with van der Waals surface area (Å²) in [6.45, 7) is 2.36. The topological polar surface area (TPSA) is 12.5 Å². The zero-order valence-corrected chi connectivity index (χ0v) is 6.68. The average Bonchev–Trinajstić information content (AvgIpc) is 2.59. The molecule has 3 atom stereocenters. The highest BCUT2D eigenvalue weighted by atomic mass is 16.6. The minimum absolute atomic E-state index is 0.669. The Balaban J connectivity index is 1.83. The summed E-state index contributed by atoms with van der Waals surface area (Å²) in [7, 11) is 0. The first kappa shape index (κ1) is 6.66. The maximum Gasteiger partial charge on any atom is 0.0842 e. The van der Waals surface area contributed by atoms with Gasteiger partial charge in [0.15, 0.2) is 0 Å². The third-order valence-corrected chi connectivity index (χ3v) is 2.82. The van der Waals surface area contributed by atoms with Gasteiger partial charge in [0, 0.05) is 0 Å². The summed E-state index contributed by atoms with van der Waals surface area (Å²) in [6.07, 6.45) is 8.20. The molecule has 1 aliphatic carbocycles. The summed E-state index contributed by atoms with van der Waals surface area (Å²) in [5.74, 6) is 0.949. The van der Waals surface area contributed by atoms with Crippen molar-refractivity contribution in [3.05, 3.63) is 0 Å². The van der Waals surface area contributed by atoms with Crippen molar-refractivity contribution in [2.75, 3.05) is 0 Å². The number of fused-ring (bicyclic) bond motifs is 1. The van der Waals surface area contributed by atoms with Crippen molar-refractivity contribution in [3.63, 3.8) is 0 Å². The van der Waals surface area contributed by atoms with E-state index < -0.39 is 0 Å². The number of rotatable bonds is 0. The fourth-order valence-electron chi connectivity index (χ4n) is 1.95. The molecule has 0 aromatic carbocycles. The zero-order valence-electron chi connectivity index (χ0n) is 6.68. The lowest BCUT2D eigenvalue weighted by molar-refractivity contribution is 0.356. The predicted molar refractivity (Wildman–Crippen MR) is 40.9 cm³/mol. The summed E-state index contributed by atoms with van der Waals surface area (Å²) in [4.78, 5) is 0. The number of hydrogen-bond acceptors (Lipinski definition) is 1. The molecule has 0 amide bonds. The van der Waals surface area contributed by atoms with Crippen LogP contribution in [-0.2, 0) is 4.74 Å². The highest BCUT2D eigenvalue weighted by Gasteiger charge is 2.38. The molecule has 1 saturated carbocycles. The SMILES string of the molecule is C[C@H]1CCC[C@H]2O[C@H]2CC1. The van der Waals surface area contributed by atoms with Crippen LogP contribution in [0.1, 0.15) is 39.0 Å². The van der Waals surface area contributed by atoms with Crippen molar-refractivity contribution >= 4 is 0 Å². The van der Waals surface area contributed by atoms with Gasteiger partial charge in [-0.2, -0.15) is 0 Å². The van der Waals surface area contributed by atoms with Crippen LogP contribution in [-0.4, -0.2) is 12.2 Å². The Hall–Kier alpha value is -0.0400. The van der Waals surface area contributed by atoms with Crippen molar-refractivity contribution in [1.82, 2.24) is 0 Å². The van der Waals surface area contributed by atoms with Gasteiger partial charge in [0.1, 0.15) is 0 Å². The van der Waals surface area contributed by atoms with Gasteiger partial charge in [0.05, 0.1) is 12.2 Å². The van der Waals surface area contributed by atoms with E-state index in [-0.39, 0.29) is 0 Å². The maximum atomic E-state index is 5.49. The van der Waals surface area contributed by atoms with Crippen LogP contribution in [0.4, 0.5) is 0 Å². The van der Waals surface area contributed by atoms with E-state index in [9.17, 15) is 0 Å². The second-order valence-electron chi connectivity index (χ2n) is 3.83. The van der Waals surface area contributed by atoms with E-state index in [0.717, 1.165) is 5.92 Å². The lowest BCUT2D eigenvalue weighted by Gasteiger charge is -2.11. The normalized spacial score (nSPS) is 47.1. The third kappa shape index (κ3) is 1.34. The Morgan fingerprint density at radius 3 is 2.70 bits per heavy atom. The van der Waals surface area contributed by atoms with Crippen LogP contribution in [0.5, 0.6) is 0 Å². The van der Waals surface area contributed by atoms with Gasteiger partial charge in [-0.1, -0.05) is 19.8 Å². The predicted octanol–water partition coefficient (Wildman–Crippen LogP) is 2.35. The molecule has 2 fully saturated rings. The first-order valence-electron chi connectivity index (χ1n) is 4.52. The van der Waals surface area contributed by atoms with E-state index in [2.05, 4.69) is 6.92 Å². The molecule has 1 aliphatic heterocycles. The van der Waals surface area contributed by atoms with E-state index in [4.69, 9.17) is 4.74 Å². The molecule has 0 N–H and O–H groups in total. The van der Waals surface area contributed by atoms with Gasteiger partial charge >= 0.3 is 0 Å². The molecule has 0 unspecified atom stereocenters. The Morgan fingerprint density at radius 2 is 1.80 bits per heavy atom. The summed E-state index contributed by atoms with van der Waals surface area (Å²) in [5, 5.41) is 0. The molecular formula is C9H16O. The van der Waals surface area contributed by atoms with Crippen LogP contribution in [0.15, 0.2) is 0 Å². The molecule has 0 aromatic rings. The first-order valence-corrected chi connectivity index (χ1v) is 4.52. The van der Waals surface area contributed by atoms with E-state index in [1.165, 1.54) is 32.1 Å². The van der Waals surface area contributed by atoms with E-state index in [0.29, 0.717) is 12.2 Å². The molecule has 10 heavy (non-hydrogen) atoms. The Bertz CT molecular complexity index is 120. The van der Waals surface area contributed by atoms with Crippen molar-refractivity contribution in [2.45, 2.75) is 51.2 Å². The molecule has 0 aromatic heterocycles. The summed E-state index contributed by atoms with van der Waals surface area (Å²) in [5.41, 5.74) is 0. The molecular weight excluding hydrogens is 124 g/mol. The standard InChI is InChI=1S/C9H16O/c1-7-3-2-4-8-9(10-8)6-5-7/h7-9H,2-6H2,1H3/t7-,8+,9-/m0/s1. The minimum atomic E-state index is 0.669. The quantitative estimate of drug-likeness (QED) is 0.470. The van der Waals surface area contributed by atoms with Crippen LogP contribution in [0.3, 0.4) is 0 Å². The summed E-state index contributed by atoms with van der Waals surface area (Å²) >= 11 is 0. The van der Waals surface area contributed by atoms with Gasteiger partial charge in [-0.25, -0.2) is 0 Å². The van der Waals surface area contributed by atoms with Crippen LogP contribution < -0.4 is 0 Å². The summed E-state index contributed by atoms with van der Waals surface area (Å²) < 4.78 is 5.49. The van der Waals surface area contributed by atoms with Crippen molar-refractivity contribution in [2.24, 2.45) is 5.92 Å². The van der Waals surface area contributed by atoms with Crippen molar-refractivity contribution in [3.8, 4) is 0 Å². The molecule has 2 aliphatic rings. The second-order valence-corrected chi connectivity index (χ2v) is 3.83. The lowest BCUT2D eigenvalue weighted by Crippen LogP contribution is -2.04. The molecule has 0 spiro atoms. The molecule has 0 bridgehead atoms. The largest absolute Gasteiger partial charge is 0.370 e. The lowest BCUT2D eigenvalue weighted by atomic mass is 9.93. The van der Waals surface area contributed by atoms with Gasteiger partial charge in [-0.15, -0.1) is 0 Å². The van der Waals surface area contributed by atoms with Crippen molar-refractivity contribution in [1.29, 1.82) is 0 Å². The van der Waals surface area contributed by atoms with Crippen molar-refractivity contribution < 1.29 is 4.74 Å². The second kappa shape index (κ2) is 2.54. The van der Waals surface area contributed by atoms with E-state index in [1.54, 1.807) is 0 Å².